The van der Waals surface area contributed by atoms with E-state index in [0.29, 0.717) is 22.0 Å². The Morgan fingerprint density at radius 2 is 1.92 bits per heavy atom. The summed E-state index contributed by atoms with van der Waals surface area (Å²) in [6.07, 6.45) is 0. The monoisotopic (exact) mass is 384 g/mol. The molecule has 0 aliphatic carbocycles. The number of hydrogen-bond donors (Lipinski definition) is 2. The number of aromatic hydroxyl groups is 1. The first-order valence-electron chi connectivity index (χ1n) is 7.45. The van der Waals surface area contributed by atoms with Crippen LogP contribution in [0.5, 0.6) is 5.75 Å². The van der Waals surface area contributed by atoms with Gasteiger partial charge in [-0.2, -0.15) is 0 Å². The maximum absolute atomic E-state index is 11.7. The molecular weight excluding hydrogens is 368 g/mol. The molecule has 0 spiro atoms. The number of carbonyl (C=O) groups excluding carboxylic acids is 1. The predicted octanol–water partition coefficient (Wildman–Crippen LogP) is 3.96. The molecule has 0 atom stereocenters. The summed E-state index contributed by atoms with van der Waals surface area (Å²) >= 11 is 3.33. The molecule has 3 rings (SSSR count). The zero-order valence-electron chi connectivity index (χ0n) is 13.2. The van der Waals surface area contributed by atoms with E-state index in [0.717, 1.165) is 16.8 Å². The van der Waals surface area contributed by atoms with Gasteiger partial charge in [0.15, 0.2) is 0 Å². The molecule has 0 aliphatic heterocycles. The number of rotatable bonds is 4. The number of fused-ring (bicyclic) bond motifs is 1. The number of aromatic nitrogens is 1. The Labute approximate surface area is 148 Å². The van der Waals surface area contributed by atoms with Crippen LogP contribution in [-0.2, 0) is 11.3 Å². The summed E-state index contributed by atoms with van der Waals surface area (Å²) in [4.78, 5) is 11.7. The Balaban J connectivity index is 2.31. The van der Waals surface area contributed by atoms with Crippen LogP contribution in [-0.4, -0.2) is 15.6 Å². The van der Waals surface area contributed by atoms with Crippen LogP contribution in [0.15, 0.2) is 53.5 Å². The van der Waals surface area contributed by atoms with Gasteiger partial charge in [0.2, 0.25) is 5.91 Å². The van der Waals surface area contributed by atoms with Gasteiger partial charge in [0.25, 0.3) is 0 Å². The summed E-state index contributed by atoms with van der Waals surface area (Å²) in [5, 5.41) is 11.1. The lowest BCUT2D eigenvalue weighted by atomic mass is 10.0. The molecule has 0 aliphatic rings. The normalized spacial score (nSPS) is 10.9. The SMILES string of the molecule is C=C(C(N)=O)c1c(C)n(Cc2ccccc2)c2ccc(Br)c(O)c12. The third kappa shape index (κ3) is 2.61. The molecule has 0 radical (unpaired) electrons. The van der Waals surface area contributed by atoms with Crippen LogP contribution in [0.2, 0.25) is 0 Å². The maximum Gasteiger partial charge on any atom is 0.248 e. The van der Waals surface area contributed by atoms with Crippen LogP contribution in [0.1, 0.15) is 16.8 Å². The van der Waals surface area contributed by atoms with E-state index in [-0.39, 0.29) is 11.3 Å². The number of amides is 1. The van der Waals surface area contributed by atoms with Crippen molar-refractivity contribution in [1.29, 1.82) is 0 Å². The lowest BCUT2D eigenvalue weighted by molar-refractivity contribution is -0.112. The van der Waals surface area contributed by atoms with Crippen molar-refractivity contribution >= 4 is 38.3 Å². The van der Waals surface area contributed by atoms with E-state index in [2.05, 4.69) is 27.1 Å². The largest absolute Gasteiger partial charge is 0.506 e. The lowest BCUT2D eigenvalue weighted by Crippen LogP contribution is -2.13. The van der Waals surface area contributed by atoms with Crippen LogP contribution >= 0.6 is 15.9 Å². The average Bonchev–Trinajstić information content (AvgIpc) is 2.84. The summed E-state index contributed by atoms with van der Waals surface area (Å²) in [6.45, 7) is 6.34. The molecule has 0 bridgehead atoms. The van der Waals surface area contributed by atoms with E-state index in [1.807, 2.05) is 43.3 Å². The molecule has 2 aromatic carbocycles. The van der Waals surface area contributed by atoms with Gasteiger partial charge < -0.3 is 15.4 Å². The van der Waals surface area contributed by atoms with Crippen LogP contribution < -0.4 is 5.73 Å². The molecule has 4 nitrogen and oxygen atoms in total. The van der Waals surface area contributed by atoms with Crippen LogP contribution in [0.25, 0.3) is 16.5 Å². The van der Waals surface area contributed by atoms with E-state index in [9.17, 15) is 9.90 Å². The molecule has 1 amide bonds. The van der Waals surface area contributed by atoms with Gasteiger partial charge in [0, 0.05) is 23.4 Å². The number of carbonyl (C=O) groups is 1. The maximum atomic E-state index is 11.7. The molecule has 3 aromatic rings. The van der Waals surface area contributed by atoms with Crippen molar-refractivity contribution in [3.8, 4) is 5.75 Å². The fourth-order valence-electron chi connectivity index (χ4n) is 2.99. The van der Waals surface area contributed by atoms with Gasteiger partial charge in [-0.15, -0.1) is 0 Å². The van der Waals surface area contributed by atoms with Crippen molar-refractivity contribution in [2.24, 2.45) is 5.73 Å². The number of phenols is 1. The number of phenolic OH excluding ortho intramolecular Hbond substituents is 1. The van der Waals surface area contributed by atoms with Crippen molar-refractivity contribution in [3.05, 3.63) is 70.3 Å². The highest BCUT2D eigenvalue weighted by Crippen LogP contribution is 2.40. The van der Waals surface area contributed by atoms with Crippen molar-refractivity contribution in [2.75, 3.05) is 0 Å². The second kappa shape index (κ2) is 6.17. The quantitative estimate of drug-likeness (QED) is 0.668. The Kier molecular flexibility index (Phi) is 4.20. The molecule has 0 saturated heterocycles. The summed E-state index contributed by atoms with van der Waals surface area (Å²) in [5.74, 6) is -0.518. The Bertz CT molecular complexity index is 959. The van der Waals surface area contributed by atoms with E-state index >= 15 is 0 Å². The van der Waals surface area contributed by atoms with Gasteiger partial charge in [0.1, 0.15) is 5.75 Å². The van der Waals surface area contributed by atoms with E-state index in [1.165, 1.54) is 0 Å². The van der Waals surface area contributed by atoms with E-state index < -0.39 is 5.91 Å². The highest BCUT2D eigenvalue weighted by Gasteiger charge is 2.22. The van der Waals surface area contributed by atoms with Gasteiger partial charge in [-0.25, -0.2) is 0 Å². The lowest BCUT2D eigenvalue weighted by Gasteiger charge is -2.09. The minimum absolute atomic E-state index is 0.0832. The van der Waals surface area contributed by atoms with Crippen LogP contribution in [0, 0.1) is 6.92 Å². The summed E-state index contributed by atoms with van der Waals surface area (Å²) in [6, 6.07) is 13.7. The Morgan fingerprint density at radius 1 is 1.25 bits per heavy atom. The zero-order chi connectivity index (χ0) is 17.4. The third-order valence-corrected chi connectivity index (χ3v) is 4.84. The Hall–Kier alpha value is -2.53. The molecule has 5 heteroatoms. The van der Waals surface area contributed by atoms with Crippen molar-refractivity contribution < 1.29 is 9.90 Å². The number of benzene rings is 2. The predicted molar refractivity (Wildman–Crippen MR) is 99.8 cm³/mol. The fourth-order valence-corrected chi connectivity index (χ4v) is 3.32. The molecule has 0 saturated carbocycles. The van der Waals surface area contributed by atoms with Gasteiger partial charge in [-0.1, -0.05) is 36.9 Å². The topological polar surface area (TPSA) is 68.2 Å². The number of nitrogens with two attached hydrogens (primary N) is 1. The first-order chi connectivity index (χ1) is 11.4. The van der Waals surface area contributed by atoms with Crippen molar-refractivity contribution in [3.63, 3.8) is 0 Å². The fraction of sp³-hybridized carbons (Fsp3) is 0.105. The van der Waals surface area contributed by atoms with E-state index in [1.54, 1.807) is 6.07 Å². The van der Waals surface area contributed by atoms with E-state index in [4.69, 9.17) is 5.73 Å². The van der Waals surface area contributed by atoms with Gasteiger partial charge in [0.05, 0.1) is 15.4 Å². The summed E-state index contributed by atoms with van der Waals surface area (Å²) in [7, 11) is 0. The molecule has 0 fully saturated rings. The summed E-state index contributed by atoms with van der Waals surface area (Å²) < 4.78 is 2.62. The standard InChI is InChI=1S/C19H17BrN2O2/c1-11(19(21)24)16-12(2)22(10-13-6-4-3-5-7-13)15-9-8-14(20)18(23)17(15)16/h3-9,23H,1,10H2,2H3,(H2,21,24). The molecule has 1 heterocycles. The smallest absolute Gasteiger partial charge is 0.248 e. The number of nitrogens with zero attached hydrogens (tertiary/aromatic N) is 1. The number of halogens is 1. The van der Waals surface area contributed by atoms with Crippen LogP contribution in [0.4, 0.5) is 0 Å². The third-order valence-electron chi connectivity index (χ3n) is 4.20. The molecule has 1 aromatic heterocycles. The van der Waals surface area contributed by atoms with Gasteiger partial charge >= 0.3 is 0 Å². The first-order valence-corrected chi connectivity index (χ1v) is 8.24. The highest BCUT2D eigenvalue weighted by molar-refractivity contribution is 9.10. The average molecular weight is 385 g/mol. The number of primary amides is 1. The molecule has 122 valence electrons. The van der Waals surface area contributed by atoms with Crippen LogP contribution in [0.3, 0.4) is 0 Å². The Morgan fingerprint density at radius 3 is 2.54 bits per heavy atom. The van der Waals surface area contributed by atoms with Gasteiger partial charge in [-0.3, -0.25) is 4.79 Å². The molecular formula is C19H17BrN2O2. The molecule has 3 N–H and O–H groups in total. The zero-order valence-corrected chi connectivity index (χ0v) is 14.8. The summed E-state index contributed by atoms with van der Waals surface area (Å²) in [5.41, 5.74) is 9.01. The number of hydrogen-bond acceptors (Lipinski definition) is 2. The minimum atomic E-state index is -0.601. The van der Waals surface area contributed by atoms with Gasteiger partial charge in [-0.05, 0) is 40.5 Å². The molecule has 24 heavy (non-hydrogen) atoms. The second-order valence-corrected chi connectivity index (χ2v) is 6.52. The highest BCUT2D eigenvalue weighted by atomic mass is 79.9. The van der Waals surface area contributed by atoms with Crippen molar-refractivity contribution in [1.82, 2.24) is 4.57 Å². The second-order valence-electron chi connectivity index (χ2n) is 5.67. The van der Waals surface area contributed by atoms with Crippen molar-refractivity contribution in [2.45, 2.75) is 13.5 Å². The molecule has 0 unspecified atom stereocenters. The first kappa shape index (κ1) is 16.3. The minimum Gasteiger partial charge on any atom is -0.506 e.